The van der Waals surface area contributed by atoms with E-state index in [2.05, 4.69) is 54.0 Å². The Morgan fingerprint density at radius 1 is 1.25 bits per heavy atom. The molecule has 1 unspecified atom stereocenters. The lowest BCUT2D eigenvalue weighted by Gasteiger charge is -2.24. The Morgan fingerprint density at radius 3 is 2.56 bits per heavy atom. The minimum atomic E-state index is -0.414. The minimum Gasteiger partial charge on any atom is -0.317 e. The van der Waals surface area contributed by atoms with Gasteiger partial charge >= 0.3 is 0 Å². The zero-order chi connectivity index (χ0) is 11.8. The highest BCUT2D eigenvalue weighted by atomic mass is 79.9. The van der Waals surface area contributed by atoms with E-state index in [1.807, 2.05) is 12.1 Å². The second-order valence-electron chi connectivity index (χ2n) is 4.12. The Labute approximate surface area is 108 Å². The molecule has 2 aromatic rings. The Morgan fingerprint density at radius 2 is 2.00 bits per heavy atom. The van der Waals surface area contributed by atoms with Crippen molar-refractivity contribution in [1.82, 2.24) is 0 Å². The van der Waals surface area contributed by atoms with E-state index in [0.29, 0.717) is 0 Å². The summed E-state index contributed by atoms with van der Waals surface area (Å²) in [6.45, 7) is 4.16. The second-order valence-corrected chi connectivity index (χ2v) is 6.33. The number of nitrogens with two attached hydrogens (primary N) is 1. The molecule has 0 bridgehead atoms. The third kappa shape index (κ3) is 2.21. The van der Waals surface area contributed by atoms with E-state index in [9.17, 15) is 0 Å². The molecule has 0 saturated carbocycles. The highest BCUT2D eigenvalue weighted by Crippen LogP contribution is 2.32. The normalized spacial score (nSPS) is 14.8. The molecule has 2 N–H and O–H groups in total. The summed E-state index contributed by atoms with van der Waals surface area (Å²) >= 11 is 5.24. The van der Waals surface area contributed by atoms with E-state index in [-0.39, 0.29) is 0 Å². The van der Waals surface area contributed by atoms with Crippen LogP contribution >= 0.6 is 27.3 Å². The Balaban J connectivity index is 2.46. The van der Waals surface area contributed by atoms with E-state index >= 15 is 0 Å². The monoisotopic (exact) mass is 295 g/mol. The SMILES string of the molecule is Cc1ccc(C(C)(N)c2cccc(Br)c2)s1. The lowest BCUT2D eigenvalue weighted by Crippen LogP contribution is -2.33. The van der Waals surface area contributed by atoms with Crippen LogP contribution in [0, 0.1) is 6.92 Å². The van der Waals surface area contributed by atoms with E-state index < -0.39 is 5.54 Å². The number of hydrogen-bond acceptors (Lipinski definition) is 2. The number of halogens is 1. The van der Waals surface area contributed by atoms with Gasteiger partial charge in [0.15, 0.2) is 0 Å². The fourth-order valence-corrected chi connectivity index (χ4v) is 3.02. The molecule has 0 radical (unpaired) electrons. The standard InChI is InChI=1S/C13H14BrNS/c1-9-6-7-12(16-9)13(2,15)10-4-3-5-11(14)8-10/h3-8H,15H2,1-2H3. The van der Waals surface area contributed by atoms with Crippen molar-refractivity contribution < 1.29 is 0 Å². The first-order valence-corrected chi connectivity index (χ1v) is 6.73. The maximum Gasteiger partial charge on any atom is 0.0731 e. The van der Waals surface area contributed by atoms with Gasteiger partial charge in [-0.25, -0.2) is 0 Å². The van der Waals surface area contributed by atoms with Gasteiger partial charge in [-0.1, -0.05) is 28.1 Å². The van der Waals surface area contributed by atoms with Gasteiger partial charge < -0.3 is 5.73 Å². The summed E-state index contributed by atoms with van der Waals surface area (Å²) < 4.78 is 1.06. The lowest BCUT2D eigenvalue weighted by molar-refractivity contribution is 0.616. The number of thiophene rings is 1. The Bertz CT molecular complexity index is 502. The van der Waals surface area contributed by atoms with Crippen molar-refractivity contribution in [3.63, 3.8) is 0 Å². The molecule has 0 fully saturated rings. The van der Waals surface area contributed by atoms with Crippen LogP contribution in [0.15, 0.2) is 40.9 Å². The van der Waals surface area contributed by atoms with Gasteiger partial charge in [0.25, 0.3) is 0 Å². The van der Waals surface area contributed by atoms with Gasteiger partial charge in [-0.05, 0) is 43.7 Å². The van der Waals surface area contributed by atoms with Crippen molar-refractivity contribution in [2.24, 2.45) is 5.73 Å². The van der Waals surface area contributed by atoms with E-state index in [1.165, 1.54) is 9.75 Å². The zero-order valence-corrected chi connectivity index (χ0v) is 11.7. The molecule has 1 aromatic heterocycles. The fraction of sp³-hybridized carbons (Fsp3) is 0.231. The lowest BCUT2D eigenvalue weighted by atomic mass is 9.92. The quantitative estimate of drug-likeness (QED) is 0.889. The maximum atomic E-state index is 6.43. The van der Waals surface area contributed by atoms with E-state index in [1.54, 1.807) is 11.3 Å². The molecule has 0 aliphatic carbocycles. The summed E-state index contributed by atoms with van der Waals surface area (Å²) in [5.41, 5.74) is 7.15. The van der Waals surface area contributed by atoms with Gasteiger partial charge in [-0.3, -0.25) is 0 Å². The second kappa shape index (κ2) is 4.32. The largest absolute Gasteiger partial charge is 0.317 e. The van der Waals surface area contributed by atoms with E-state index in [4.69, 9.17) is 5.73 Å². The maximum absolute atomic E-state index is 6.43. The van der Waals surface area contributed by atoms with Gasteiger partial charge in [0, 0.05) is 14.2 Å². The number of aryl methyl sites for hydroxylation is 1. The van der Waals surface area contributed by atoms with Crippen LogP contribution in [0.4, 0.5) is 0 Å². The van der Waals surface area contributed by atoms with Crippen molar-refractivity contribution in [2.75, 3.05) is 0 Å². The molecule has 1 atom stereocenters. The molecule has 0 saturated heterocycles. The van der Waals surface area contributed by atoms with Gasteiger partial charge in [0.05, 0.1) is 5.54 Å². The summed E-state index contributed by atoms with van der Waals surface area (Å²) in [6.07, 6.45) is 0. The zero-order valence-electron chi connectivity index (χ0n) is 9.33. The predicted molar refractivity (Wildman–Crippen MR) is 73.8 cm³/mol. The van der Waals surface area contributed by atoms with Gasteiger partial charge in [-0.15, -0.1) is 11.3 Å². The molecule has 0 amide bonds. The highest BCUT2D eigenvalue weighted by Gasteiger charge is 2.25. The van der Waals surface area contributed by atoms with Gasteiger partial charge in [0.1, 0.15) is 0 Å². The Kier molecular flexibility index (Phi) is 3.19. The number of hydrogen-bond donors (Lipinski definition) is 1. The minimum absolute atomic E-state index is 0.414. The summed E-state index contributed by atoms with van der Waals surface area (Å²) in [4.78, 5) is 2.49. The first kappa shape index (κ1) is 11.8. The summed E-state index contributed by atoms with van der Waals surface area (Å²) in [5.74, 6) is 0. The van der Waals surface area contributed by atoms with E-state index in [0.717, 1.165) is 10.0 Å². The fourth-order valence-electron chi connectivity index (χ4n) is 1.67. The molecular weight excluding hydrogens is 282 g/mol. The number of benzene rings is 1. The summed E-state index contributed by atoms with van der Waals surface area (Å²) in [7, 11) is 0. The van der Waals surface area contributed by atoms with Crippen LogP contribution < -0.4 is 5.73 Å². The molecule has 0 aliphatic heterocycles. The molecule has 2 rings (SSSR count). The average Bonchev–Trinajstić information content (AvgIpc) is 2.65. The van der Waals surface area contributed by atoms with Crippen LogP contribution in [-0.4, -0.2) is 0 Å². The molecule has 0 spiro atoms. The van der Waals surface area contributed by atoms with Crippen LogP contribution in [0.5, 0.6) is 0 Å². The molecule has 3 heteroatoms. The highest BCUT2D eigenvalue weighted by molar-refractivity contribution is 9.10. The summed E-state index contributed by atoms with van der Waals surface area (Å²) in [5, 5.41) is 0. The average molecular weight is 296 g/mol. The molecule has 16 heavy (non-hydrogen) atoms. The topological polar surface area (TPSA) is 26.0 Å². The van der Waals surface area contributed by atoms with Crippen LogP contribution in [0.1, 0.15) is 22.2 Å². The van der Waals surface area contributed by atoms with Crippen molar-refractivity contribution in [3.8, 4) is 0 Å². The van der Waals surface area contributed by atoms with Crippen molar-refractivity contribution in [3.05, 3.63) is 56.2 Å². The molecule has 1 nitrogen and oxygen atoms in total. The molecule has 84 valence electrons. The third-order valence-electron chi connectivity index (χ3n) is 2.68. The molecule has 0 aliphatic rings. The summed E-state index contributed by atoms with van der Waals surface area (Å²) in [6, 6.07) is 12.4. The van der Waals surface area contributed by atoms with Crippen molar-refractivity contribution in [1.29, 1.82) is 0 Å². The van der Waals surface area contributed by atoms with Crippen LogP contribution in [0.25, 0.3) is 0 Å². The number of rotatable bonds is 2. The smallest absolute Gasteiger partial charge is 0.0731 e. The van der Waals surface area contributed by atoms with Gasteiger partial charge in [-0.2, -0.15) is 0 Å². The first-order valence-electron chi connectivity index (χ1n) is 5.12. The van der Waals surface area contributed by atoms with Crippen molar-refractivity contribution in [2.45, 2.75) is 19.4 Å². The van der Waals surface area contributed by atoms with Crippen LogP contribution in [0.2, 0.25) is 0 Å². The predicted octanol–water partition coefficient (Wildman–Crippen LogP) is 4.04. The molecule has 1 aromatic carbocycles. The Hall–Kier alpha value is -0.640. The molecule has 1 heterocycles. The molecular formula is C13H14BrNS. The third-order valence-corrected chi connectivity index (χ3v) is 4.41. The first-order chi connectivity index (χ1) is 7.50. The van der Waals surface area contributed by atoms with Gasteiger partial charge in [0.2, 0.25) is 0 Å². The van der Waals surface area contributed by atoms with Crippen molar-refractivity contribution >= 4 is 27.3 Å². The van der Waals surface area contributed by atoms with Crippen LogP contribution in [0.3, 0.4) is 0 Å². The van der Waals surface area contributed by atoms with Crippen LogP contribution in [-0.2, 0) is 5.54 Å².